The van der Waals surface area contributed by atoms with Gasteiger partial charge in [0.1, 0.15) is 0 Å². The van der Waals surface area contributed by atoms with E-state index in [0.717, 1.165) is 30.5 Å². The second-order valence-electron chi connectivity index (χ2n) is 8.35. The smallest absolute Gasteiger partial charge is 0.251 e. The van der Waals surface area contributed by atoms with Gasteiger partial charge in [-0.1, -0.05) is 43.2 Å². The van der Waals surface area contributed by atoms with Crippen molar-refractivity contribution in [1.29, 1.82) is 0 Å². The first-order valence-electron chi connectivity index (χ1n) is 11.0. The molecule has 3 rings (SSSR count). The second kappa shape index (κ2) is 10.4. The summed E-state index contributed by atoms with van der Waals surface area (Å²) in [4.78, 5) is 14.9. The van der Waals surface area contributed by atoms with Crippen LogP contribution < -0.4 is 5.32 Å². The summed E-state index contributed by atoms with van der Waals surface area (Å²) >= 11 is 0. The van der Waals surface area contributed by atoms with Gasteiger partial charge in [0.05, 0.1) is 4.90 Å². The molecule has 1 atom stereocenters. The number of hydrogen-bond acceptors (Lipinski definition) is 4. The lowest BCUT2D eigenvalue weighted by Gasteiger charge is -2.34. The average molecular weight is 444 g/mol. The van der Waals surface area contributed by atoms with Crippen molar-refractivity contribution in [3.05, 3.63) is 65.2 Å². The van der Waals surface area contributed by atoms with E-state index >= 15 is 0 Å². The molecule has 6 nitrogen and oxygen atoms in total. The topological polar surface area (TPSA) is 69.7 Å². The van der Waals surface area contributed by atoms with Crippen LogP contribution in [-0.4, -0.2) is 55.8 Å². The van der Waals surface area contributed by atoms with Gasteiger partial charge < -0.3 is 5.32 Å². The van der Waals surface area contributed by atoms with E-state index in [0.29, 0.717) is 36.6 Å². The molecule has 31 heavy (non-hydrogen) atoms. The summed E-state index contributed by atoms with van der Waals surface area (Å²) in [6.45, 7) is 9.14. The van der Waals surface area contributed by atoms with Crippen LogP contribution in [-0.2, 0) is 16.6 Å². The number of sulfonamides is 1. The minimum Gasteiger partial charge on any atom is -0.350 e. The molecule has 2 aromatic rings. The molecule has 1 fully saturated rings. The zero-order valence-corrected chi connectivity index (χ0v) is 19.5. The van der Waals surface area contributed by atoms with Gasteiger partial charge in [0, 0.05) is 44.3 Å². The van der Waals surface area contributed by atoms with Crippen LogP contribution >= 0.6 is 0 Å². The molecule has 7 heteroatoms. The highest BCUT2D eigenvalue weighted by Gasteiger charge is 2.28. The Labute approximate surface area is 186 Å². The van der Waals surface area contributed by atoms with E-state index in [4.69, 9.17) is 0 Å². The monoisotopic (exact) mass is 443 g/mol. The van der Waals surface area contributed by atoms with E-state index in [2.05, 4.69) is 17.1 Å². The first-order chi connectivity index (χ1) is 14.8. The number of carbonyl (C=O) groups excluding carboxylic acids is 1. The quantitative estimate of drug-likeness (QED) is 0.679. The minimum absolute atomic E-state index is 0.0394. The Hall–Kier alpha value is -2.22. The molecule has 1 aliphatic rings. The number of rotatable bonds is 8. The third-order valence-electron chi connectivity index (χ3n) is 5.71. The maximum Gasteiger partial charge on any atom is 0.251 e. The van der Waals surface area contributed by atoms with Gasteiger partial charge in [-0.3, -0.25) is 9.69 Å². The zero-order valence-electron chi connectivity index (χ0n) is 18.7. The van der Waals surface area contributed by atoms with E-state index < -0.39 is 10.0 Å². The molecule has 168 valence electrons. The van der Waals surface area contributed by atoms with E-state index in [1.165, 1.54) is 0 Å². The van der Waals surface area contributed by atoms with Crippen LogP contribution in [0.25, 0.3) is 0 Å². The van der Waals surface area contributed by atoms with Crippen LogP contribution in [0.1, 0.15) is 48.2 Å². The van der Waals surface area contributed by atoms with Gasteiger partial charge in [0.2, 0.25) is 10.0 Å². The first-order valence-corrected chi connectivity index (χ1v) is 12.4. The fraction of sp³-hybridized carbons (Fsp3) is 0.458. The molecule has 0 aromatic heterocycles. The molecule has 2 aromatic carbocycles. The second-order valence-corrected chi connectivity index (χ2v) is 10.3. The predicted molar refractivity (Wildman–Crippen MR) is 123 cm³/mol. The molecule has 1 saturated heterocycles. The van der Waals surface area contributed by atoms with E-state index in [-0.39, 0.29) is 11.9 Å². The molecular weight excluding hydrogens is 410 g/mol. The lowest BCUT2D eigenvalue weighted by Crippen LogP contribution is -2.48. The van der Waals surface area contributed by atoms with Gasteiger partial charge in [0.25, 0.3) is 5.91 Å². The number of benzene rings is 2. The molecule has 0 radical (unpaired) electrons. The molecule has 0 saturated carbocycles. The fourth-order valence-corrected chi connectivity index (χ4v) is 5.24. The molecule has 1 N–H and O–H groups in total. The summed E-state index contributed by atoms with van der Waals surface area (Å²) in [7, 11) is -3.44. The standard InChI is InChI=1S/C24H33N3O3S/c1-4-5-20(3)25-24(28)22-10-8-21(9-11-22)18-26-14-16-27(17-15-26)31(29,30)23-12-6-19(2)7-13-23/h6-13,20H,4-5,14-18H2,1-3H3,(H,25,28). The van der Waals surface area contributed by atoms with Crippen molar-refractivity contribution < 1.29 is 13.2 Å². The van der Waals surface area contributed by atoms with Gasteiger partial charge in [-0.05, 0) is 50.1 Å². The summed E-state index contributed by atoms with van der Waals surface area (Å²) in [6.07, 6.45) is 2.01. The van der Waals surface area contributed by atoms with Crippen molar-refractivity contribution in [2.24, 2.45) is 0 Å². The van der Waals surface area contributed by atoms with Crippen LogP contribution in [0.5, 0.6) is 0 Å². The van der Waals surface area contributed by atoms with Crippen LogP contribution in [0.3, 0.4) is 0 Å². The summed E-state index contributed by atoms with van der Waals surface area (Å²) in [6, 6.07) is 14.9. The maximum atomic E-state index is 12.9. The molecule has 1 aliphatic heterocycles. The van der Waals surface area contributed by atoms with Crippen molar-refractivity contribution in [3.8, 4) is 0 Å². The summed E-state index contributed by atoms with van der Waals surface area (Å²) in [5.41, 5.74) is 2.83. The molecule has 1 unspecified atom stereocenters. The van der Waals surface area contributed by atoms with Gasteiger partial charge in [-0.2, -0.15) is 4.31 Å². The van der Waals surface area contributed by atoms with Crippen molar-refractivity contribution in [2.45, 2.75) is 51.1 Å². The van der Waals surface area contributed by atoms with E-state index in [1.807, 2.05) is 50.2 Å². The van der Waals surface area contributed by atoms with Crippen molar-refractivity contribution in [2.75, 3.05) is 26.2 Å². The summed E-state index contributed by atoms with van der Waals surface area (Å²) in [5.74, 6) is -0.0394. The highest BCUT2D eigenvalue weighted by molar-refractivity contribution is 7.89. The third-order valence-corrected chi connectivity index (χ3v) is 7.62. The molecular formula is C24H33N3O3S. The zero-order chi connectivity index (χ0) is 22.4. The highest BCUT2D eigenvalue weighted by Crippen LogP contribution is 2.19. The van der Waals surface area contributed by atoms with Gasteiger partial charge in [0.15, 0.2) is 0 Å². The molecule has 0 spiro atoms. The molecule has 0 aliphatic carbocycles. The summed E-state index contributed by atoms with van der Waals surface area (Å²) < 4.78 is 27.3. The lowest BCUT2D eigenvalue weighted by atomic mass is 10.1. The highest BCUT2D eigenvalue weighted by atomic mass is 32.2. The molecule has 0 bridgehead atoms. The minimum atomic E-state index is -3.44. The SMILES string of the molecule is CCCC(C)NC(=O)c1ccc(CN2CCN(S(=O)(=O)c3ccc(C)cc3)CC2)cc1. The van der Waals surface area contributed by atoms with Crippen molar-refractivity contribution in [1.82, 2.24) is 14.5 Å². The number of piperazine rings is 1. The van der Waals surface area contributed by atoms with Crippen molar-refractivity contribution in [3.63, 3.8) is 0 Å². The lowest BCUT2D eigenvalue weighted by molar-refractivity contribution is 0.0938. The Balaban J connectivity index is 1.53. The normalized spacial score (nSPS) is 16.7. The van der Waals surface area contributed by atoms with Crippen LogP contribution in [0.2, 0.25) is 0 Å². The Morgan fingerprint density at radius 1 is 1.00 bits per heavy atom. The number of hydrogen-bond donors (Lipinski definition) is 1. The number of nitrogens with one attached hydrogen (secondary N) is 1. The Bertz CT molecular complexity index is 964. The van der Waals surface area contributed by atoms with Crippen LogP contribution in [0, 0.1) is 6.92 Å². The van der Waals surface area contributed by atoms with Gasteiger partial charge >= 0.3 is 0 Å². The first kappa shape index (κ1) is 23.4. The fourth-order valence-electron chi connectivity index (χ4n) is 3.82. The maximum absolute atomic E-state index is 12.9. The number of aryl methyl sites for hydroxylation is 1. The largest absolute Gasteiger partial charge is 0.350 e. The van der Waals surface area contributed by atoms with Gasteiger partial charge in [-0.25, -0.2) is 8.42 Å². The Morgan fingerprint density at radius 2 is 1.61 bits per heavy atom. The third kappa shape index (κ3) is 6.15. The number of amides is 1. The predicted octanol–water partition coefficient (Wildman–Crippen LogP) is 3.42. The molecule has 1 amide bonds. The number of nitrogens with zero attached hydrogens (tertiary/aromatic N) is 2. The van der Waals surface area contributed by atoms with Crippen molar-refractivity contribution >= 4 is 15.9 Å². The Morgan fingerprint density at radius 3 is 2.19 bits per heavy atom. The Kier molecular flexibility index (Phi) is 7.86. The van der Waals surface area contributed by atoms with E-state index in [9.17, 15) is 13.2 Å². The van der Waals surface area contributed by atoms with E-state index in [1.54, 1.807) is 16.4 Å². The van der Waals surface area contributed by atoms with Crippen LogP contribution in [0.4, 0.5) is 0 Å². The average Bonchev–Trinajstić information content (AvgIpc) is 2.75. The number of carbonyl (C=O) groups is 1. The van der Waals surface area contributed by atoms with Crippen LogP contribution in [0.15, 0.2) is 53.4 Å². The van der Waals surface area contributed by atoms with Gasteiger partial charge in [-0.15, -0.1) is 0 Å². The molecule has 1 heterocycles. The summed E-state index contributed by atoms with van der Waals surface area (Å²) in [5, 5.41) is 3.02.